The van der Waals surface area contributed by atoms with E-state index in [0.29, 0.717) is 17.1 Å². The van der Waals surface area contributed by atoms with Crippen molar-refractivity contribution in [1.82, 2.24) is 10.2 Å². The van der Waals surface area contributed by atoms with E-state index in [0.717, 1.165) is 43.1 Å². The van der Waals surface area contributed by atoms with Crippen LogP contribution in [0.3, 0.4) is 0 Å². The Labute approximate surface area is 211 Å². The number of amides is 2. The molecule has 7 heteroatoms. The molecule has 1 aliphatic heterocycles. The third-order valence-electron chi connectivity index (χ3n) is 6.16. The number of carbonyl (C=O) groups excluding carboxylic acids is 2. The Morgan fingerprint density at radius 1 is 0.971 bits per heavy atom. The smallest absolute Gasteiger partial charge is 0.253 e. The average Bonchev–Trinajstić information content (AvgIpc) is 2.90. The Balaban J connectivity index is 1.41. The molecule has 35 heavy (non-hydrogen) atoms. The molecule has 3 aromatic rings. The molecule has 0 bridgehead atoms. The van der Waals surface area contributed by atoms with Crippen LogP contribution >= 0.6 is 11.6 Å². The molecule has 2 amide bonds. The molecule has 1 aliphatic rings. The number of benzene rings is 3. The van der Waals surface area contributed by atoms with E-state index in [-0.39, 0.29) is 18.2 Å². The number of nitrogens with zero attached hydrogens (tertiary/aromatic N) is 2. The minimum absolute atomic E-state index is 0.0597. The summed E-state index contributed by atoms with van der Waals surface area (Å²) in [6.07, 6.45) is 0.141. The lowest BCUT2D eigenvalue weighted by atomic mass is 10.0. The van der Waals surface area contributed by atoms with Crippen LogP contribution < -0.4 is 10.2 Å². The molecule has 1 N–H and O–H groups in total. The molecule has 3 aromatic carbocycles. The van der Waals surface area contributed by atoms with Gasteiger partial charge in [0.15, 0.2) is 0 Å². The summed E-state index contributed by atoms with van der Waals surface area (Å²) in [5.74, 6) is -0.367. The average molecular weight is 492 g/mol. The van der Waals surface area contributed by atoms with Crippen LogP contribution in [-0.2, 0) is 16.1 Å². The second-order valence-electron chi connectivity index (χ2n) is 8.64. The Morgan fingerprint density at radius 3 is 2.31 bits per heavy atom. The van der Waals surface area contributed by atoms with Crippen molar-refractivity contribution in [3.8, 4) is 0 Å². The Kier molecular flexibility index (Phi) is 8.40. The Bertz CT molecular complexity index is 1130. The summed E-state index contributed by atoms with van der Waals surface area (Å²) in [6.45, 7) is 3.75. The van der Waals surface area contributed by atoms with E-state index >= 15 is 0 Å². The molecular formula is C28H30ClN3O3. The van der Waals surface area contributed by atoms with Crippen LogP contribution in [0.15, 0.2) is 78.9 Å². The molecule has 4 rings (SSSR count). The summed E-state index contributed by atoms with van der Waals surface area (Å²) in [6, 6.07) is 24.2. The quantitative estimate of drug-likeness (QED) is 0.496. The second-order valence-corrected chi connectivity index (χ2v) is 9.04. The van der Waals surface area contributed by atoms with Crippen molar-refractivity contribution < 1.29 is 14.3 Å². The number of morpholine rings is 1. The Morgan fingerprint density at radius 2 is 1.63 bits per heavy atom. The van der Waals surface area contributed by atoms with Gasteiger partial charge in [0, 0.05) is 32.4 Å². The number of hydrogen-bond acceptors (Lipinski definition) is 4. The summed E-state index contributed by atoms with van der Waals surface area (Å²) >= 11 is 6.21. The molecule has 1 unspecified atom stereocenters. The van der Waals surface area contributed by atoms with Gasteiger partial charge in [-0.05, 0) is 35.4 Å². The molecule has 1 fully saturated rings. The van der Waals surface area contributed by atoms with Crippen molar-refractivity contribution in [3.05, 3.63) is 101 Å². The van der Waals surface area contributed by atoms with Gasteiger partial charge in [-0.3, -0.25) is 9.59 Å². The first kappa shape index (κ1) is 24.8. The maximum absolute atomic E-state index is 13.2. The van der Waals surface area contributed by atoms with Gasteiger partial charge in [0.05, 0.1) is 36.3 Å². The highest BCUT2D eigenvalue weighted by Crippen LogP contribution is 2.22. The molecule has 6 nitrogen and oxygen atoms in total. The third-order valence-corrected chi connectivity index (χ3v) is 6.49. The minimum Gasteiger partial charge on any atom is -0.378 e. The number of hydrogen-bond donors (Lipinski definition) is 1. The number of rotatable bonds is 8. The standard InChI is InChI=1S/C28H30ClN3O3/c1-31(20-21-11-13-23(14-12-21)32-15-17-35-18-16-32)27(33)19-26(22-7-3-2-4-8-22)30-28(34)24-9-5-6-10-25(24)29/h2-14,26H,15-20H2,1H3,(H,30,34). The van der Waals surface area contributed by atoms with Crippen molar-refractivity contribution in [2.75, 3.05) is 38.3 Å². The highest BCUT2D eigenvalue weighted by Gasteiger charge is 2.22. The van der Waals surface area contributed by atoms with Gasteiger partial charge in [0.25, 0.3) is 5.91 Å². The van der Waals surface area contributed by atoms with E-state index in [1.807, 2.05) is 30.3 Å². The molecule has 0 radical (unpaired) electrons. The van der Waals surface area contributed by atoms with Gasteiger partial charge in [-0.15, -0.1) is 0 Å². The van der Waals surface area contributed by atoms with E-state index in [1.165, 1.54) is 0 Å². The van der Waals surface area contributed by atoms with Gasteiger partial charge in [-0.25, -0.2) is 0 Å². The lowest BCUT2D eigenvalue weighted by Gasteiger charge is -2.29. The number of halogens is 1. The minimum atomic E-state index is -0.474. The monoisotopic (exact) mass is 491 g/mol. The highest BCUT2D eigenvalue weighted by atomic mass is 35.5. The first-order chi connectivity index (χ1) is 17.0. The molecule has 0 spiro atoms. The molecule has 1 saturated heterocycles. The Hall–Kier alpha value is -3.35. The van der Waals surface area contributed by atoms with Gasteiger partial charge in [0.1, 0.15) is 0 Å². The predicted molar refractivity (Wildman–Crippen MR) is 139 cm³/mol. The fourth-order valence-electron chi connectivity index (χ4n) is 4.15. The van der Waals surface area contributed by atoms with E-state index in [4.69, 9.17) is 16.3 Å². The lowest BCUT2D eigenvalue weighted by Crippen LogP contribution is -2.36. The number of anilines is 1. The normalized spacial score (nSPS) is 14.3. The largest absolute Gasteiger partial charge is 0.378 e. The molecular weight excluding hydrogens is 462 g/mol. The van der Waals surface area contributed by atoms with Crippen LogP contribution in [-0.4, -0.2) is 50.1 Å². The van der Waals surface area contributed by atoms with Crippen LogP contribution in [0.25, 0.3) is 0 Å². The van der Waals surface area contributed by atoms with Crippen molar-refractivity contribution in [3.63, 3.8) is 0 Å². The summed E-state index contributed by atoms with van der Waals surface area (Å²) in [5.41, 5.74) is 3.47. The number of ether oxygens (including phenoxy) is 1. The first-order valence-corrected chi connectivity index (χ1v) is 12.1. The van der Waals surface area contributed by atoms with E-state index in [9.17, 15) is 9.59 Å². The van der Waals surface area contributed by atoms with E-state index < -0.39 is 6.04 Å². The van der Waals surface area contributed by atoms with Crippen molar-refractivity contribution >= 4 is 29.1 Å². The molecule has 0 aliphatic carbocycles. The third kappa shape index (κ3) is 6.62. The fraction of sp³-hybridized carbons (Fsp3) is 0.286. The van der Waals surface area contributed by atoms with Gasteiger partial charge in [-0.1, -0.05) is 66.2 Å². The molecule has 1 heterocycles. The summed E-state index contributed by atoms with van der Waals surface area (Å²) in [5, 5.41) is 3.37. The van der Waals surface area contributed by atoms with Crippen molar-refractivity contribution in [2.45, 2.75) is 19.0 Å². The van der Waals surface area contributed by atoms with Gasteiger partial charge in [0.2, 0.25) is 5.91 Å². The van der Waals surface area contributed by atoms with Crippen LogP contribution in [0.4, 0.5) is 5.69 Å². The molecule has 182 valence electrons. The maximum Gasteiger partial charge on any atom is 0.253 e. The number of nitrogens with one attached hydrogen (secondary N) is 1. The molecule has 0 saturated carbocycles. The van der Waals surface area contributed by atoms with Crippen LogP contribution in [0.1, 0.15) is 33.9 Å². The predicted octanol–water partition coefficient (Wildman–Crippen LogP) is 4.70. The van der Waals surface area contributed by atoms with Crippen molar-refractivity contribution in [1.29, 1.82) is 0 Å². The SMILES string of the molecule is CN(Cc1ccc(N2CCOCC2)cc1)C(=O)CC(NC(=O)c1ccccc1Cl)c1ccccc1. The zero-order valence-corrected chi connectivity index (χ0v) is 20.6. The van der Waals surface area contributed by atoms with Gasteiger partial charge in [-0.2, -0.15) is 0 Å². The van der Waals surface area contributed by atoms with Crippen LogP contribution in [0, 0.1) is 0 Å². The zero-order chi connectivity index (χ0) is 24.6. The van der Waals surface area contributed by atoms with Gasteiger partial charge >= 0.3 is 0 Å². The topological polar surface area (TPSA) is 61.9 Å². The zero-order valence-electron chi connectivity index (χ0n) is 19.8. The summed E-state index contributed by atoms with van der Waals surface area (Å²) in [4.78, 5) is 30.1. The summed E-state index contributed by atoms with van der Waals surface area (Å²) in [7, 11) is 1.79. The first-order valence-electron chi connectivity index (χ1n) is 11.8. The maximum atomic E-state index is 13.2. The summed E-state index contributed by atoms with van der Waals surface area (Å²) < 4.78 is 5.42. The second kappa shape index (κ2) is 11.9. The fourth-order valence-corrected chi connectivity index (χ4v) is 4.37. The van der Waals surface area contributed by atoms with Crippen molar-refractivity contribution in [2.24, 2.45) is 0 Å². The van der Waals surface area contributed by atoms with Gasteiger partial charge < -0.3 is 19.9 Å². The molecule has 1 atom stereocenters. The van der Waals surface area contributed by atoms with E-state index in [1.54, 1.807) is 36.2 Å². The lowest BCUT2D eigenvalue weighted by molar-refractivity contribution is -0.130. The van der Waals surface area contributed by atoms with E-state index in [2.05, 4.69) is 34.5 Å². The number of carbonyl (C=O) groups is 2. The van der Waals surface area contributed by atoms with Crippen LogP contribution in [0.5, 0.6) is 0 Å². The molecule has 0 aromatic heterocycles. The highest BCUT2D eigenvalue weighted by molar-refractivity contribution is 6.33. The van der Waals surface area contributed by atoms with Crippen LogP contribution in [0.2, 0.25) is 5.02 Å².